The van der Waals surface area contributed by atoms with Crippen LogP contribution in [0.15, 0.2) is 170 Å². The van der Waals surface area contributed by atoms with Gasteiger partial charge in [-0.2, -0.15) is 0 Å². The molecule has 8 aromatic rings. The van der Waals surface area contributed by atoms with Crippen molar-refractivity contribution in [3.8, 4) is 5.75 Å². The molecule has 0 radical (unpaired) electrons. The molecule has 0 fully saturated rings. The van der Waals surface area contributed by atoms with Gasteiger partial charge in [-0.25, -0.2) is 0 Å². The number of aliphatic hydroxyl groups excluding tert-OH is 1. The molecule has 0 saturated heterocycles. The number of amides is 8. The van der Waals surface area contributed by atoms with Crippen molar-refractivity contribution in [1.29, 1.82) is 5.41 Å². The Bertz CT molecular complexity index is 4020. The molecule has 0 spiro atoms. The highest BCUT2D eigenvalue weighted by molar-refractivity contribution is 6.30. The van der Waals surface area contributed by atoms with Crippen molar-refractivity contribution in [1.82, 2.24) is 57.8 Å². The maximum absolute atomic E-state index is 15.2. The van der Waals surface area contributed by atoms with Gasteiger partial charge in [-0.1, -0.05) is 147 Å². The maximum Gasteiger partial charge on any atom is 0.245 e. The lowest BCUT2D eigenvalue weighted by molar-refractivity contribution is -0.136. The van der Waals surface area contributed by atoms with Crippen LogP contribution in [0.25, 0.3) is 21.8 Å². The Kier molecular flexibility index (Phi) is 27.0. The lowest BCUT2D eigenvalue weighted by atomic mass is 9.99. The van der Waals surface area contributed by atoms with Crippen LogP contribution in [0, 0.1) is 11.3 Å². The second-order valence-corrected chi connectivity index (χ2v) is 24.9. The fourth-order valence-electron chi connectivity index (χ4n) is 11.3. The molecule has 6 aromatic carbocycles. The number of nitrogens with one attached hydrogen (secondary N) is 12. The summed E-state index contributed by atoms with van der Waals surface area (Å²) in [4.78, 5) is 135. The van der Waals surface area contributed by atoms with Crippen molar-refractivity contribution in [2.75, 3.05) is 13.2 Å². The van der Waals surface area contributed by atoms with Crippen LogP contribution in [-0.4, -0.2) is 136 Å². The van der Waals surface area contributed by atoms with Gasteiger partial charge in [0.25, 0.3) is 0 Å². The first-order chi connectivity index (χ1) is 47.2. The summed E-state index contributed by atoms with van der Waals surface area (Å²) in [6.45, 7) is 4.48. The second-order valence-electron chi connectivity index (χ2n) is 24.4. The van der Waals surface area contributed by atoms with Crippen LogP contribution in [0.5, 0.6) is 5.75 Å². The minimum atomic E-state index is -1.78. The first-order valence-corrected chi connectivity index (χ1v) is 32.8. The van der Waals surface area contributed by atoms with Crippen LogP contribution < -0.4 is 58.3 Å². The van der Waals surface area contributed by atoms with Crippen molar-refractivity contribution in [2.24, 2.45) is 11.7 Å². The Hall–Kier alpha value is -10.8. The molecule has 25 heteroatoms. The third kappa shape index (κ3) is 22.1. The molecule has 514 valence electrons. The highest BCUT2D eigenvalue weighted by Gasteiger charge is 2.36. The minimum Gasteiger partial charge on any atom is -0.489 e. The molecule has 0 unspecified atom stereocenters. The zero-order chi connectivity index (χ0) is 70.1. The van der Waals surface area contributed by atoms with Crippen LogP contribution in [-0.2, 0) is 81.9 Å². The number of carbonyl (C=O) groups excluding carboxylic acids is 9. The number of aliphatic hydroxyl groups is 1. The molecule has 2 heterocycles. The number of carbonyl (C=O) groups is 9. The third-order valence-electron chi connectivity index (χ3n) is 16.3. The summed E-state index contributed by atoms with van der Waals surface area (Å²) in [5, 5.41) is 45.1. The number of guanidine groups is 1. The number of H-pyrrole nitrogens is 2. The number of rotatable bonds is 36. The van der Waals surface area contributed by atoms with E-state index in [1.165, 1.54) is 6.92 Å². The number of hydrogen-bond donors (Lipinski definition) is 14. The Morgan fingerprint density at radius 1 is 0.510 bits per heavy atom. The van der Waals surface area contributed by atoms with Crippen LogP contribution in [0.3, 0.4) is 0 Å². The van der Waals surface area contributed by atoms with Crippen molar-refractivity contribution in [2.45, 2.75) is 127 Å². The molecule has 8 atom stereocenters. The number of fused-ring (bicyclic) bond motifs is 2. The molecule has 98 heavy (non-hydrogen) atoms. The average Bonchev–Trinajstić information content (AvgIpc) is 1.64. The highest BCUT2D eigenvalue weighted by atomic mass is 35.5. The molecule has 0 bridgehead atoms. The molecule has 0 saturated carbocycles. The second kappa shape index (κ2) is 36.3. The van der Waals surface area contributed by atoms with E-state index >= 15 is 9.59 Å². The summed E-state index contributed by atoms with van der Waals surface area (Å²) in [7, 11) is 0. The molecular formula is C73H84ClN13O11. The van der Waals surface area contributed by atoms with Gasteiger partial charge in [0.15, 0.2) is 5.96 Å². The van der Waals surface area contributed by atoms with E-state index in [-0.39, 0.29) is 70.0 Å². The van der Waals surface area contributed by atoms with Gasteiger partial charge in [-0.05, 0) is 95.0 Å². The number of nitrogens with two attached hydrogens (primary N) is 1. The zero-order valence-electron chi connectivity index (χ0n) is 54.7. The summed E-state index contributed by atoms with van der Waals surface area (Å²) < 4.78 is 6.05. The number of benzene rings is 6. The van der Waals surface area contributed by atoms with Gasteiger partial charge < -0.3 is 78.2 Å². The molecule has 0 aliphatic heterocycles. The average molecular weight is 1360 g/mol. The zero-order valence-corrected chi connectivity index (χ0v) is 55.5. The van der Waals surface area contributed by atoms with E-state index in [1.54, 1.807) is 91.3 Å². The van der Waals surface area contributed by atoms with Crippen LogP contribution in [0.2, 0.25) is 5.02 Å². The van der Waals surface area contributed by atoms with E-state index < -0.39 is 102 Å². The number of para-hydroxylation sites is 2. The monoisotopic (exact) mass is 1350 g/mol. The first-order valence-electron chi connectivity index (χ1n) is 32.4. The van der Waals surface area contributed by atoms with E-state index in [2.05, 4.69) is 57.8 Å². The topological polar surface area (TPSA) is 373 Å². The van der Waals surface area contributed by atoms with Crippen molar-refractivity contribution < 1.29 is 53.0 Å². The molecule has 0 aliphatic rings. The van der Waals surface area contributed by atoms with Gasteiger partial charge in [0.1, 0.15) is 60.9 Å². The fraction of sp³-hybridized carbons (Fsp3) is 0.315. The number of ether oxygens (including phenoxy) is 1. The molecule has 2 aromatic heterocycles. The number of aromatic nitrogens is 2. The summed E-state index contributed by atoms with van der Waals surface area (Å²) in [5.74, 6) is -6.20. The van der Waals surface area contributed by atoms with Gasteiger partial charge in [0, 0.05) is 84.8 Å². The van der Waals surface area contributed by atoms with Gasteiger partial charge in [0.2, 0.25) is 47.3 Å². The summed E-state index contributed by atoms with van der Waals surface area (Å²) >= 11 is 6.25. The normalized spacial score (nSPS) is 13.6. The minimum absolute atomic E-state index is 0.0757. The molecule has 0 aliphatic carbocycles. The van der Waals surface area contributed by atoms with Crippen LogP contribution in [0.1, 0.15) is 73.4 Å². The SMILES string of the molecule is CC(=O)N[C@H](Cc1ccccc1)C(=O)N[C@@H](Cc1ccc(Cl)cc1)C(=O)N[C@H](Cc1c[nH]c2ccccc12)C(=O)N[C@@H](CO)C(=O)N[C@@H](Cc1ccc(OCc2ccccc2)cc1)C(=O)N[C@H](Cc1c[nH]c2ccccc12)C(=O)N[C@@H](CC(C)C)C(=O)N[C@H](C=O)CCCNC(=N)N. The largest absolute Gasteiger partial charge is 0.489 e. The molecule has 15 N–H and O–H groups in total. The summed E-state index contributed by atoms with van der Waals surface area (Å²) in [6, 6.07) is 35.5. The predicted octanol–water partition coefficient (Wildman–Crippen LogP) is 4.79. The van der Waals surface area contributed by atoms with E-state index in [1.807, 2.05) is 92.7 Å². The van der Waals surface area contributed by atoms with Gasteiger partial charge in [0.05, 0.1) is 12.6 Å². The van der Waals surface area contributed by atoms with E-state index in [0.717, 1.165) is 22.0 Å². The molecule has 8 amide bonds. The predicted molar refractivity (Wildman–Crippen MR) is 373 cm³/mol. The molecule has 24 nitrogen and oxygen atoms in total. The highest BCUT2D eigenvalue weighted by Crippen LogP contribution is 2.23. The van der Waals surface area contributed by atoms with Gasteiger partial charge in [-0.3, -0.25) is 43.8 Å². The van der Waals surface area contributed by atoms with E-state index in [9.17, 15) is 38.7 Å². The van der Waals surface area contributed by atoms with E-state index in [4.69, 9.17) is 27.5 Å². The van der Waals surface area contributed by atoms with Crippen molar-refractivity contribution >= 4 is 92.9 Å². The van der Waals surface area contributed by atoms with Crippen LogP contribution >= 0.6 is 11.6 Å². The Balaban J connectivity index is 1.08. The Morgan fingerprint density at radius 2 is 0.908 bits per heavy atom. The fourth-order valence-corrected chi connectivity index (χ4v) is 11.4. The summed E-state index contributed by atoms with van der Waals surface area (Å²) in [6.07, 6.45) is 4.09. The first kappa shape index (κ1) is 73.0. The number of aromatic amines is 2. The molecule has 8 rings (SSSR count). The standard InChI is InChI=1S/C73H84ClN13O11/c1-44(2)33-59(66(91)81-53(41-88)19-14-32-77-73(75)76)82-70(95)63(37-50-39-78-57-22-12-10-20-55(50)57)85-69(94)62(36-48-26-30-54(31-27-48)98-43-49-17-8-5-9-18-49)84-72(97)65(42-89)87-71(96)64(38-51-40-79-58-23-13-11-21-56(51)58)86-68(93)61(35-47-24-28-52(74)29-25-47)83-67(92)60(80-45(3)90)34-46-15-6-4-7-16-46/h4-13,15-18,20-31,39-41,44,53,59-65,78-79,89H,14,19,32-38,42-43H2,1-3H3,(H,80,90)(H,81,91)(H,82,95)(H,83,92)(H,84,97)(H,85,94)(H,86,93)(H,87,96)(H4,75,76,77)/t53-,59-,60+,61-,62-,63+,64+,65-/m0/s1. The summed E-state index contributed by atoms with van der Waals surface area (Å²) in [5.41, 5.74) is 10.8. The smallest absolute Gasteiger partial charge is 0.245 e. The van der Waals surface area contributed by atoms with Gasteiger partial charge in [-0.15, -0.1) is 0 Å². The number of halogens is 1. The lowest BCUT2D eigenvalue weighted by Gasteiger charge is -2.28. The number of aldehydes is 1. The quantitative estimate of drug-likeness (QED) is 0.0109. The van der Waals surface area contributed by atoms with Crippen molar-refractivity contribution in [3.05, 3.63) is 209 Å². The van der Waals surface area contributed by atoms with Gasteiger partial charge >= 0.3 is 0 Å². The Morgan fingerprint density at radius 3 is 1.37 bits per heavy atom. The number of hydrogen-bond acceptors (Lipinski definition) is 12. The van der Waals surface area contributed by atoms with E-state index in [0.29, 0.717) is 56.6 Å². The molecular weight excluding hydrogens is 1270 g/mol. The third-order valence-corrected chi connectivity index (χ3v) is 16.6. The Labute approximate surface area is 572 Å². The van der Waals surface area contributed by atoms with Crippen LogP contribution in [0.4, 0.5) is 0 Å². The van der Waals surface area contributed by atoms with Crippen molar-refractivity contribution in [3.63, 3.8) is 0 Å². The lowest BCUT2D eigenvalue weighted by Crippen LogP contribution is -2.61. The maximum atomic E-state index is 15.2.